The standard InChI is InChI=1S/C42H72O20/c1-9-10-11-12-13-14-15-16-17-18-19-52-39-30(49)28(47)34(22(4)54-39)60-41-32(51)37(35(23(5)56-41)58-25(7)44)62-42-38(59-26(8)45)36(27(46)20(2)53-42)61-40-31(50)29(48)33(21(3)55-40)57-24(6)43/h20-23,27-42,46-51H,9-19H2,1-8H3/t20-,21-,22-,23-,27-,28-,29-,30+,31+,32+,33-,34-,35-,36+,37-,38+,39+,40-,41-,42-/m0/s1. The zero-order chi connectivity index (χ0) is 45.8. The highest BCUT2D eigenvalue weighted by molar-refractivity contribution is 5.67. The molecule has 4 fully saturated rings. The van der Waals surface area contributed by atoms with Crippen LogP contribution in [0.3, 0.4) is 0 Å². The number of esters is 3. The molecule has 62 heavy (non-hydrogen) atoms. The van der Waals surface area contributed by atoms with Crippen LogP contribution in [0.4, 0.5) is 0 Å². The lowest BCUT2D eigenvalue weighted by molar-refractivity contribution is -0.385. The van der Waals surface area contributed by atoms with Gasteiger partial charge in [-0.2, -0.15) is 0 Å². The summed E-state index contributed by atoms with van der Waals surface area (Å²) in [6.07, 6.45) is -17.2. The van der Waals surface area contributed by atoms with Crippen LogP contribution in [0.25, 0.3) is 0 Å². The largest absolute Gasteiger partial charge is 0.457 e. The lowest BCUT2D eigenvalue weighted by Gasteiger charge is -2.49. The van der Waals surface area contributed by atoms with Crippen molar-refractivity contribution >= 4 is 17.9 Å². The first-order valence-corrected chi connectivity index (χ1v) is 22.2. The van der Waals surface area contributed by atoms with Gasteiger partial charge in [-0.25, -0.2) is 0 Å². The first-order chi connectivity index (χ1) is 29.4. The minimum absolute atomic E-state index is 0.312. The summed E-state index contributed by atoms with van der Waals surface area (Å²) in [5.41, 5.74) is 0. The lowest BCUT2D eigenvalue weighted by atomic mass is 9.95. The average Bonchev–Trinajstić information content (AvgIpc) is 3.20. The van der Waals surface area contributed by atoms with Gasteiger partial charge in [0.25, 0.3) is 0 Å². The third kappa shape index (κ3) is 14.2. The molecule has 4 aliphatic rings. The highest BCUT2D eigenvalue weighted by atomic mass is 16.8. The van der Waals surface area contributed by atoms with E-state index in [1.54, 1.807) is 6.92 Å². The van der Waals surface area contributed by atoms with Crippen LogP contribution in [0.1, 0.15) is 120 Å². The molecule has 20 nitrogen and oxygen atoms in total. The normalized spacial score (nSPS) is 41.3. The van der Waals surface area contributed by atoms with Crippen molar-refractivity contribution in [3.63, 3.8) is 0 Å². The van der Waals surface area contributed by atoms with Crippen LogP contribution in [-0.4, -0.2) is 178 Å². The van der Waals surface area contributed by atoms with Crippen LogP contribution in [0.15, 0.2) is 0 Å². The summed E-state index contributed by atoms with van der Waals surface area (Å²) in [7, 11) is 0. The summed E-state index contributed by atoms with van der Waals surface area (Å²) >= 11 is 0. The molecule has 360 valence electrons. The molecule has 20 atom stereocenters. The monoisotopic (exact) mass is 896 g/mol. The van der Waals surface area contributed by atoms with E-state index in [-0.39, 0.29) is 0 Å². The molecule has 0 spiro atoms. The second-order valence-corrected chi connectivity index (χ2v) is 16.9. The molecular formula is C42H72O20. The Bertz CT molecular complexity index is 1370. The van der Waals surface area contributed by atoms with Crippen LogP contribution in [0.5, 0.6) is 0 Å². The van der Waals surface area contributed by atoms with Crippen molar-refractivity contribution in [2.45, 2.75) is 242 Å². The van der Waals surface area contributed by atoms with Crippen molar-refractivity contribution in [1.29, 1.82) is 0 Å². The molecule has 4 aliphatic heterocycles. The molecule has 0 radical (unpaired) electrons. The highest BCUT2D eigenvalue weighted by Gasteiger charge is 2.56. The minimum Gasteiger partial charge on any atom is -0.457 e. The number of ether oxygens (including phenoxy) is 11. The van der Waals surface area contributed by atoms with Gasteiger partial charge in [-0.15, -0.1) is 0 Å². The minimum atomic E-state index is -1.81. The number of rotatable bonds is 21. The predicted octanol–water partition coefficient (Wildman–Crippen LogP) is 1.02. The van der Waals surface area contributed by atoms with Crippen LogP contribution in [0, 0.1) is 0 Å². The summed E-state index contributed by atoms with van der Waals surface area (Å²) in [5, 5.41) is 67.1. The zero-order valence-corrected chi connectivity index (χ0v) is 37.2. The van der Waals surface area contributed by atoms with Gasteiger partial charge in [0.05, 0.1) is 24.4 Å². The maximum atomic E-state index is 12.5. The first kappa shape index (κ1) is 52.5. The molecule has 20 heteroatoms. The van der Waals surface area contributed by atoms with Crippen molar-refractivity contribution in [1.82, 2.24) is 0 Å². The Hall–Kier alpha value is -2.15. The van der Waals surface area contributed by atoms with Gasteiger partial charge in [-0.1, -0.05) is 64.7 Å². The van der Waals surface area contributed by atoms with Crippen molar-refractivity contribution in [3.05, 3.63) is 0 Å². The molecule has 0 unspecified atom stereocenters. The Kier molecular flexibility index (Phi) is 21.1. The summed E-state index contributed by atoms with van der Waals surface area (Å²) < 4.78 is 63.9. The second kappa shape index (κ2) is 24.9. The van der Waals surface area contributed by atoms with Gasteiger partial charge in [0.1, 0.15) is 54.9 Å². The van der Waals surface area contributed by atoms with Crippen molar-refractivity contribution in [2.24, 2.45) is 0 Å². The van der Waals surface area contributed by atoms with E-state index in [9.17, 15) is 45.0 Å². The fourth-order valence-corrected chi connectivity index (χ4v) is 8.24. The lowest BCUT2D eigenvalue weighted by Crippen LogP contribution is -2.67. The fraction of sp³-hybridized carbons (Fsp3) is 0.929. The summed E-state index contributed by atoms with van der Waals surface area (Å²) in [6, 6.07) is 0. The maximum Gasteiger partial charge on any atom is 0.303 e. The smallest absolute Gasteiger partial charge is 0.303 e. The van der Waals surface area contributed by atoms with E-state index in [0.717, 1.165) is 46.5 Å². The third-order valence-corrected chi connectivity index (χ3v) is 11.6. The molecule has 4 rings (SSSR count). The molecule has 0 saturated carbocycles. The van der Waals surface area contributed by atoms with E-state index in [1.807, 2.05) is 0 Å². The van der Waals surface area contributed by atoms with Crippen LogP contribution in [-0.2, 0) is 66.5 Å². The summed E-state index contributed by atoms with van der Waals surface area (Å²) in [5.74, 6) is -2.37. The molecule has 6 N–H and O–H groups in total. The Morgan fingerprint density at radius 2 is 0.790 bits per heavy atom. The Balaban J connectivity index is 1.44. The number of hydrogen-bond acceptors (Lipinski definition) is 20. The zero-order valence-electron chi connectivity index (χ0n) is 37.2. The van der Waals surface area contributed by atoms with Gasteiger partial charge in [0.15, 0.2) is 43.5 Å². The number of carbonyl (C=O) groups is 3. The predicted molar refractivity (Wildman–Crippen MR) is 212 cm³/mol. The molecule has 0 aromatic carbocycles. The van der Waals surface area contributed by atoms with Gasteiger partial charge < -0.3 is 82.7 Å². The molecule has 4 saturated heterocycles. The van der Waals surface area contributed by atoms with E-state index in [1.165, 1.54) is 59.3 Å². The number of carbonyl (C=O) groups excluding carboxylic acids is 3. The van der Waals surface area contributed by atoms with E-state index in [4.69, 9.17) is 52.1 Å². The molecule has 0 bridgehead atoms. The van der Waals surface area contributed by atoms with Gasteiger partial charge in [-0.3, -0.25) is 14.4 Å². The van der Waals surface area contributed by atoms with Crippen molar-refractivity contribution < 1.29 is 97.1 Å². The van der Waals surface area contributed by atoms with E-state index in [2.05, 4.69) is 6.92 Å². The molecule has 4 heterocycles. The fourth-order valence-electron chi connectivity index (χ4n) is 8.24. The van der Waals surface area contributed by atoms with Gasteiger partial charge in [0, 0.05) is 27.4 Å². The molecule has 0 aromatic heterocycles. The summed E-state index contributed by atoms with van der Waals surface area (Å²) in [4.78, 5) is 36.4. The molecule has 0 aliphatic carbocycles. The van der Waals surface area contributed by atoms with Crippen LogP contribution in [0.2, 0.25) is 0 Å². The quantitative estimate of drug-likeness (QED) is 0.0533. The Morgan fingerprint density at radius 3 is 1.37 bits per heavy atom. The molecular weight excluding hydrogens is 824 g/mol. The third-order valence-electron chi connectivity index (χ3n) is 11.6. The van der Waals surface area contributed by atoms with E-state index < -0.39 is 141 Å². The number of aliphatic hydroxyl groups is 6. The molecule has 0 aromatic rings. The van der Waals surface area contributed by atoms with Crippen LogP contribution >= 0.6 is 0 Å². The highest BCUT2D eigenvalue weighted by Crippen LogP contribution is 2.36. The first-order valence-electron chi connectivity index (χ1n) is 22.2. The second-order valence-electron chi connectivity index (χ2n) is 16.9. The van der Waals surface area contributed by atoms with Gasteiger partial charge in [0.2, 0.25) is 0 Å². The number of unbranched alkanes of at least 4 members (excludes halogenated alkanes) is 9. The number of hydrogen-bond donors (Lipinski definition) is 6. The summed E-state index contributed by atoms with van der Waals surface area (Å²) in [6.45, 7) is 11.8. The topological polar surface area (TPSA) is 274 Å². The Labute approximate surface area is 363 Å². The van der Waals surface area contributed by atoms with E-state index in [0.29, 0.717) is 6.61 Å². The van der Waals surface area contributed by atoms with Crippen LogP contribution < -0.4 is 0 Å². The van der Waals surface area contributed by atoms with Gasteiger partial charge in [-0.05, 0) is 34.1 Å². The van der Waals surface area contributed by atoms with Crippen molar-refractivity contribution in [2.75, 3.05) is 6.61 Å². The van der Waals surface area contributed by atoms with Crippen molar-refractivity contribution in [3.8, 4) is 0 Å². The Morgan fingerprint density at radius 1 is 0.403 bits per heavy atom. The number of aliphatic hydroxyl groups excluding tert-OH is 6. The van der Waals surface area contributed by atoms with E-state index >= 15 is 0 Å². The average molecular weight is 897 g/mol. The molecule has 0 amide bonds. The maximum absolute atomic E-state index is 12.5. The SMILES string of the molecule is CCCCCCCCCCCCO[C@@H]1O[C@@H](C)[C@H](O[C@@H]2O[C@@H](C)[C@H](OC(C)=O)[C@@H](O[C@@H]3O[C@@H](C)[C@H](O)[C@@H](O[C@@H]4O[C@@H](C)[C@H](OC(C)=O)[C@@H](O)[C@H]4O)[C@H]3OC(C)=O)[C@H]2O)[C@@H](O)[C@H]1O. The van der Waals surface area contributed by atoms with Gasteiger partial charge >= 0.3 is 17.9 Å².